The van der Waals surface area contributed by atoms with Crippen molar-refractivity contribution in [3.63, 3.8) is 0 Å². The summed E-state index contributed by atoms with van der Waals surface area (Å²) in [6.07, 6.45) is 1.55. The third-order valence-electron chi connectivity index (χ3n) is 4.65. The number of nitrogens with two attached hydrogens (primary N) is 1. The molecule has 0 spiro atoms. The van der Waals surface area contributed by atoms with Gasteiger partial charge in [-0.05, 0) is 30.3 Å². The lowest BCUT2D eigenvalue weighted by atomic mass is 9.99. The summed E-state index contributed by atoms with van der Waals surface area (Å²) in [6.45, 7) is 0. The number of ether oxygens (including phenoxy) is 2. The maximum atomic E-state index is 14.5. The number of aromatic nitrogens is 3. The first-order valence-electron chi connectivity index (χ1n) is 8.69. The van der Waals surface area contributed by atoms with Gasteiger partial charge < -0.3 is 15.2 Å². The summed E-state index contributed by atoms with van der Waals surface area (Å²) in [5, 5.41) is 7.85. The molecule has 4 aromatic rings. The minimum Gasteiger partial charge on any atom is -0.496 e. The molecular weight excluding hydrogens is 375 g/mol. The van der Waals surface area contributed by atoms with Crippen molar-refractivity contribution in [1.29, 1.82) is 0 Å². The number of rotatable bonds is 5. The zero-order valence-electron chi connectivity index (χ0n) is 15.7. The molecular formula is C21H17FN4O3. The molecule has 0 atom stereocenters. The Labute approximate surface area is 165 Å². The molecule has 3 N–H and O–H groups in total. The Morgan fingerprint density at radius 2 is 1.76 bits per heavy atom. The number of methoxy groups -OCH3 is 2. The second-order valence-electron chi connectivity index (χ2n) is 6.25. The van der Waals surface area contributed by atoms with E-state index >= 15 is 0 Å². The van der Waals surface area contributed by atoms with Gasteiger partial charge in [-0.1, -0.05) is 12.1 Å². The number of carbonyl (C=O) groups is 1. The van der Waals surface area contributed by atoms with Gasteiger partial charge in [-0.15, -0.1) is 0 Å². The molecule has 8 heteroatoms. The first-order valence-corrected chi connectivity index (χ1v) is 8.69. The molecule has 0 aliphatic rings. The van der Waals surface area contributed by atoms with Gasteiger partial charge in [0.25, 0.3) is 0 Å². The molecule has 0 saturated heterocycles. The highest BCUT2D eigenvalue weighted by molar-refractivity contribution is 6.06. The molecule has 0 aliphatic heterocycles. The summed E-state index contributed by atoms with van der Waals surface area (Å²) in [5.74, 6) is -0.273. The maximum absolute atomic E-state index is 14.5. The van der Waals surface area contributed by atoms with Crippen LogP contribution < -0.4 is 15.2 Å². The minimum absolute atomic E-state index is 0.235. The summed E-state index contributed by atoms with van der Waals surface area (Å²) in [4.78, 5) is 16.3. The molecule has 29 heavy (non-hydrogen) atoms. The number of aromatic amines is 1. The number of carbonyl (C=O) groups excluding carboxylic acids is 1. The van der Waals surface area contributed by atoms with Crippen LogP contribution in [0.1, 0.15) is 10.4 Å². The van der Waals surface area contributed by atoms with Gasteiger partial charge in [0.05, 0.1) is 48.3 Å². The molecule has 2 heterocycles. The van der Waals surface area contributed by atoms with Crippen LogP contribution in [0.4, 0.5) is 4.39 Å². The molecule has 146 valence electrons. The molecule has 2 aromatic carbocycles. The summed E-state index contributed by atoms with van der Waals surface area (Å²) >= 11 is 0. The van der Waals surface area contributed by atoms with E-state index in [1.54, 1.807) is 42.6 Å². The van der Waals surface area contributed by atoms with Crippen LogP contribution in [0.5, 0.6) is 11.5 Å². The topological polar surface area (TPSA) is 103 Å². The number of primary amides is 1. The van der Waals surface area contributed by atoms with Gasteiger partial charge in [0, 0.05) is 5.39 Å². The van der Waals surface area contributed by atoms with Gasteiger partial charge in [-0.25, -0.2) is 4.39 Å². The molecule has 0 bridgehead atoms. The standard InChI is InChI=1S/C21H17FN4O3/c1-28-16-7-3-5-11(21(23)27)18(16)20-12-9-14(24-10-15(12)25-26-20)19-13(22)6-4-8-17(19)29-2/h3-10H,1-2H3,(H2,23,27)(H,25,26). The quantitative estimate of drug-likeness (QED) is 0.541. The average Bonchev–Trinajstić information content (AvgIpc) is 3.15. The third kappa shape index (κ3) is 3.04. The predicted octanol–water partition coefficient (Wildman–Crippen LogP) is 3.55. The van der Waals surface area contributed by atoms with Crippen molar-refractivity contribution in [2.75, 3.05) is 14.2 Å². The number of nitrogens with zero attached hydrogens (tertiary/aromatic N) is 2. The van der Waals surface area contributed by atoms with Gasteiger partial charge in [0.1, 0.15) is 23.0 Å². The lowest BCUT2D eigenvalue weighted by Crippen LogP contribution is -2.13. The number of hydrogen-bond donors (Lipinski definition) is 2. The first-order chi connectivity index (χ1) is 14.0. The molecule has 0 radical (unpaired) electrons. The van der Waals surface area contributed by atoms with E-state index in [9.17, 15) is 9.18 Å². The van der Waals surface area contributed by atoms with Crippen LogP contribution in [0.2, 0.25) is 0 Å². The van der Waals surface area contributed by atoms with Crippen molar-refractivity contribution < 1.29 is 18.7 Å². The molecule has 0 saturated carbocycles. The van der Waals surface area contributed by atoms with Crippen molar-refractivity contribution in [2.45, 2.75) is 0 Å². The fourth-order valence-corrected chi connectivity index (χ4v) is 3.32. The van der Waals surface area contributed by atoms with E-state index in [0.717, 1.165) is 0 Å². The largest absolute Gasteiger partial charge is 0.496 e. The number of hydrogen-bond acceptors (Lipinski definition) is 5. The van der Waals surface area contributed by atoms with Crippen LogP contribution >= 0.6 is 0 Å². The monoisotopic (exact) mass is 392 g/mol. The lowest BCUT2D eigenvalue weighted by molar-refractivity contribution is 0.100. The van der Waals surface area contributed by atoms with E-state index in [4.69, 9.17) is 15.2 Å². The third-order valence-corrected chi connectivity index (χ3v) is 4.65. The molecule has 0 fully saturated rings. The fraction of sp³-hybridized carbons (Fsp3) is 0.0952. The van der Waals surface area contributed by atoms with Gasteiger partial charge in [-0.3, -0.25) is 14.9 Å². The summed E-state index contributed by atoms with van der Waals surface area (Å²) in [7, 11) is 2.96. The number of amides is 1. The van der Waals surface area contributed by atoms with Crippen LogP contribution in [-0.2, 0) is 0 Å². The van der Waals surface area contributed by atoms with Gasteiger partial charge >= 0.3 is 0 Å². The van der Waals surface area contributed by atoms with E-state index < -0.39 is 11.7 Å². The van der Waals surface area contributed by atoms with Crippen molar-refractivity contribution in [1.82, 2.24) is 15.2 Å². The van der Waals surface area contributed by atoms with E-state index in [0.29, 0.717) is 39.4 Å². The lowest BCUT2D eigenvalue weighted by Gasteiger charge is -2.11. The second-order valence-corrected chi connectivity index (χ2v) is 6.25. The predicted molar refractivity (Wildman–Crippen MR) is 106 cm³/mol. The summed E-state index contributed by atoms with van der Waals surface area (Å²) < 4.78 is 25.2. The molecule has 0 aliphatic carbocycles. The Morgan fingerprint density at radius 1 is 1.07 bits per heavy atom. The first kappa shape index (κ1) is 18.4. The van der Waals surface area contributed by atoms with Crippen LogP contribution in [-0.4, -0.2) is 35.3 Å². The Hall–Kier alpha value is -3.94. The Balaban J connectivity index is 2.00. The normalized spacial score (nSPS) is 10.9. The highest BCUT2D eigenvalue weighted by Gasteiger charge is 2.21. The minimum atomic E-state index is -0.611. The molecule has 1 amide bonds. The van der Waals surface area contributed by atoms with Crippen molar-refractivity contribution >= 4 is 16.8 Å². The van der Waals surface area contributed by atoms with Gasteiger partial charge in [0.15, 0.2) is 0 Å². The molecule has 0 unspecified atom stereocenters. The maximum Gasteiger partial charge on any atom is 0.249 e. The summed E-state index contributed by atoms with van der Waals surface area (Å²) in [6, 6.07) is 11.2. The fourth-order valence-electron chi connectivity index (χ4n) is 3.32. The van der Waals surface area contributed by atoms with Crippen molar-refractivity contribution in [3.8, 4) is 34.0 Å². The average molecular weight is 392 g/mol. The number of fused-ring (bicyclic) bond motifs is 1. The van der Waals surface area contributed by atoms with Crippen LogP contribution in [0.3, 0.4) is 0 Å². The molecule has 2 aromatic heterocycles. The second kappa shape index (κ2) is 7.23. The zero-order valence-corrected chi connectivity index (χ0v) is 15.7. The number of halogens is 1. The number of pyridine rings is 1. The van der Waals surface area contributed by atoms with E-state index in [1.165, 1.54) is 20.3 Å². The highest BCUT2D eigenvalue weighted by Crippen LogP contribution is 2.38. The Kier molecular flexibility index (Phi) is 4.59. The van der Waals surface area contributed by atoms with Crippen LogP contribution in [0.15, 0.2) is 48.7 Å². The van der Waals surface area contributed by atoms with E-state index in [1.807, 2.05) is 0 Å². The van der Waals surface area contributed by atoms with E-state index in [2.05, 4.69) is 15.2 Å². The van der Waals surface area contributed by atoms with Gasteiger partial charge in [-0.2, -0.15) is 5.10 Å². The summed E-state index contributed by atoms with van der Waals surface area (Å²) in [5.41, 5.74) is 7.93. The SMILES string of the molecule is COc1cccc(F)c1-c1cc2c(-c3c(OC)cccc3C(N)=O)n[nH]c2cn1. The Morgan fingerprint density at radius 3 is 2.45 bits per heavy atom. The van der Waals surface area contributed by atoms with Gasteiger partial charge in [0.2, 0.25) is 5.91 Å². The smallest absolute Gasteiger partial charge is 0.249 e. The molecule has 4 rings (SSSR count). The van der Waals surface area contributed by atoms with Crippen LogP contribution in [0, 0.1) is 5.82 Å². The van der Waals surface area contributed by atoms with E-state index in [-0.39, 0.29) is 11.1 Å². The molecule has 7 nitrogen and oxygen atoms in total. The highest BCUT2D eigenvalue weighted by atomic mass is 19.1. The van der Waals surface area contributed by atoms with Crippen molar-refractivity contribution in [2.24, 2.45) is 5.73 Å². The van der Waals surface area contributed by atoms with Crippen molar-refractivity contribution in [3.05, 3.63) is 60.0 Å². The Bertz CT molecular complexity index is 1240. The number of benzene rings is 2. The number of H-pyrrole nitrogens is 1. The number of nitrogens with one attached hydrogen (secondary N) is 1. The van der Waals surface area contributed by atoms with Crippen LogP contribution in [0.25, 0.3) is 33.4 Å². The zero-order chi connectivity index (χ0) is 20.5.